The molecule has 20 heavy (non-hydrogen) atoms. The van der Waals surface area contributed by atoms with Gasteiger partial charge in [-0.3, -0.25) is 4.79 Å². The summed E-state index contributed by atoms with van der Waals surface area (Å²) in [7, 11) is 0. The van der Waals surface area contributed by atoms with Gasteiger partial charge in [-0.15, -0.1) is 5.10 Å². The smallest absolute Gasteiger partial charge is 0.267 e. The molecule has 0 aliphatic heterocycles. The van der Waals surface area contributed by atoms with Crippen LogP contribution in [0.2, 0.25) is 0 Å². The highest BCUT2D eigenvalue weighted by Gasteiger charge is 2.08. The lowest BCUT2D eigenvalue weighted by Gasteiger charge is -1.99. The van der Waals surface area contributed by atoms with E-state index in [9.17, 15) is 4.79 Å². The number of nitrogens with zero attached hydrogens (tertiary/aromatic N) is 3. The van der Waals surface area contributed by atoms with Crippen LogP contribution in [0, 0.1) is 6.92 Å². The van der Waals surface area contributed by atoms with Crippen molar-refractivity contribution in [1.82, 2.24) is 15.0 Å². The van der Waals surface area contributed by atoms with E-state index in [0.717, 1.165) is 11.1 Å². The lowest BCUT2D eigenvalue weighted by Crippen LogP contribution is -2.08. The molecule has 4 heteroatoms. The molecule has 0 atom stereocenters. The van der Waals surface area contributed by atoms with Crippen LogP contribution in [0.4, 0.5) is 0 Å². The number of aryl methyl sites for hydroxylation is 1. The number of rotatable bonds is 2. The van der Waals surface area contributed by atoms with Crippen LogP contribution in [-0.2, 0) is 0 Å². The van der Waals surface area contributed by atoms with Crippen molar-refractivity contribution in [2.75, 3.05) is 0 Å². The Hall–Kier alpha value is -2.75. The first kappa shape index (κ1) is 12.3. The number of hydrogen-bond acceptors (Lipinski definition) is 3. The zero-order valence-corrected chi connectivity index (χ0v) is 11.0. The average molecular weight is 263 g/mol. The van der Waals surface area contributed by atoms with Gasteiger partial charge in [-0.2, -0.15) is 4.68 Å². The van der Waals surface area contributed by atoms with Gasteiger partial charge >= 0.3 is 0 Å². The Kier molecular flexibility index (Phi) is 3.13. The summed E-state index contributed by atoms with van der Waals surface area (Å²) in [4.78, 5) is 12.2. The second-order valence-corrected chi connectivity index (χ2v) is 4.52. The molecule has 0 fully saturated rings. The molecular formula is C16H13N3O. The monoisotopic (exact) mass is 263 g/mol. The molecule has 3 rings (SSSR count). The minimum Gasteiger partial charge on any atom is -0.267 e. The molecule has 4 nitrogen and oxygen atoms in total. The first-order valence-corrected chi connectivity index (χ1v) is 6.34. The highest BCUT2D eigenvalue weighted by Crippen LogP contribution is 2.11. The zero-order valence-electron chi connectivity index (χ0n) is 11.0. The van der Waals surface area contributed by atoms with Gasteiger partial charge in [-0.1, -0.05) is 41.6 Å². The molecule has 2 aromatic carbocycles. The number of allylic oxidation sites excluding steroid dienone is 1. The lowest BCUT2D eigenvalue weighted by atomic mass is 10.1. The number of fused-ring (bicyclic) bond motifs is 1. The van der Waals surface area contributed by atoms with Crippen LogP contribution in [0.1, 0.15) is 15.9 Å². The van der Waals surface area contributed by atoms with E-state index in [2.05, 4.69) is 10.3 Å². The number of hydrogen-bond donors (Lipinski definition) is 0. The van der Waals surface area contributed by atoms with Gasteiger partial charge in [-0.25, -0.2) is 0 Å². The van der Waals surface area contributed by atoms with Crippen molar-refractivity contribution in [1.29, 1.82) is 0 Å². The summed E-state index contributed by atoms with van der Waals surface area (Å²) in [5, 5.41) is 7.87. The Bertz CT molecular complexity index is 802. The van der Waals surface area contributed by atoms with E-state index in [4.69, 9.17) is 0 Å². The lowest BCUT2D eigenvalue weighted by molar-refractivity contribution is 0.0958. The number of carbonyl (C=O) groups is 1. The third-order valence-electron chi connectivity index (χ3n) is 3.15. The zero-order chi connectivity index (χ0) is 13.9. The van der Waals surface area contributed by atoms with Crippen LogP contribution in [-0.4, -0.2) is 20.9 Å². The van der Waals surface area contributed by atoms with Gasteiger partial charge in [0.25, 0.3) is 5.91 Å². The van der Waals surface area contributed by atoms with Crippen molar-refractivity contribution in [3.63, 3.8) is 0 Å². The first-order valence-electron chi connectivity index (χ1n) is 6.34. The maximum atomic E-state index is 12.2. The minimum absolute atomic E-state index is 0.207. The summed E-state index contributed by atoms with van der Waals surface area (Å²) < 4.78 is 1.31. The van der Waals surface area contributed by atoms with Crippen molar-refractivity contribution in [3.8, 4) is 0 Å². The van der Waals surface area contributed by atoms with Crippen molar-refractivity contribution in [2.45, 2.75) is 6.92 Å². The van der Waals surface area contributed by atoms with Crippen LogP contribution in [0.3, 0.4) is 0 Å². The van der Waals surface area contributed by atoms with E-state index in [1.807, 2.05) is 55.5 Å². The maximum absolute atomic E-state index is 12.2. The number of benzene rings is 2. The van der Waals surface area contributed by atoms with Crippen LogP contribution in [0.15, 0.2) is 54.6 Å². The van der Waals surface area contributed by atoms with Crippen LogP contribution >= 0.6 is 0 Å². The highest BCUT2D eigenvalue weighted by atomic mass is 16.2. The predicted octanol–water partition coefficient (Wildman–Crippen LogP) is 3.09. The van der Waals surface area contributed by atoms with Gasteiger partial charge < -0.3 is 0 Å². The second-order valence-electron chi connectivity index (χ2n) is 4.52. The number of carbonyl (C=O) groups excluding carboxylic acids is 1. The molecule has 0 aliphatic carbocycles. The molecule has 0 saturated carbocycles. The summed E-state index contributed by atoms with van der Waals surface area (Å²) in [6.45, 7) is 2.01. The van der Waals surface area contributed by atoms with E-state index >= 15 is 0 Å². The molecule has 0 bridgehead atoms. The standard InChI is InChI=1S/C16H13N3O/c1-12-6-2-3-7-13(12)10-11-16(20)19-15-9-5-4-8-14(15)17-18-19/h2-11H,1H3/b11-10+. The summed E-state index contributed by atoms with van der Waals surface area (Å²) >= 11 is 0. The van der Waals surface area contributed by atoms with E-state index in [1.165, 1.54) is 10.8 Å². The third kappa shape index (κ3) is 2.23. The fraction of sp³-hybridized carbons (Fsp3) is 0.0625. The molecule has 3 aromatic rings. The van der Waals surface area contributed by atoms with E-state index in [1.54, 1.807) is 6.08 Å². The van der Waals surface area contributed by atoms with E-state index in [0.29, 0.717) is 11.0 Å². The normalized spacial score (nSPS) is 11.2. The molecule has 0 spiro atoms. The maximum Gasteiger partial charge on any atom is 0.272 e. The molecule has 0 saturated heterocycles. The number of aromatic nitrogens is 3. The van der Waals surface area contributed by atoms with Gasteiger partial charge in [0, 0.05) is 6.08 Å². The predicted molar refractivity (Wildman–Crippen MR) is 78.4 cm³/mol. The summed E-state index contributed by atoms with van der Waals surface area (Å²) in [5.74, 6) is -0.207. The molecule has 0 unspecified atom stereocenters. The fourth-order valence-electron chi connectivity index (χ4n) is 2.04. The van der Waals surface area contributed by atoms with E-state index in [-0.39, 0.29) is 5.91 Å². The molecule has 0 aliphatic rings. The molecule has 1 heterocycles. The van der Waals surface area contributed by atoms with Gasteiger partial charge in [0.1, 0.15) is 5.52 Å². The Morgan fingerprint density at radius 1 is 1.10 bits per heavy atom. The molecule has 0 amide bonds. The van der Waals surface area contributed by atoms with Crippen LogP contribution in [0.25, 0.3) is 17.1 Å². The van der Waals surface area contributed by atoms with Gasteiger partial charge in [0.2, 0.25) is 0 Å². The summed E-state index contributed by atoms with van der Waals surface area (Å²) in [5.41, 5.74) is 3.57. The molecule has 0 N–H and O–H groups in total. The summed E-state index contributed by atoms with van der Waals surface area (Å²) in [6.07, 6.45) is 3.32. The summed E-state index contributed by atoms with van der Waals surface area (Å²) in [6, 6.07) is 15.3. The molecular weight excluding hydrogens is 250 g/mol. The third-order valence-corrected chi connectivity index (χ3v) is 3.15. The topological polar surface area (TPSA) is 47.8 Å². The Labute approximate surface area is 116 Å². The largest absolute Gasteiger partial charge is 0.272 e. The van der Waals surface area contributed by atoms with Crippen molar-refractivity contribution >= 4 is 23.0 Å². The highest BCUT2D eigenvalue weighted by molar-refractivity contribution is 5.98. The van der Waals surface area contributed by atoms with Crippen LogP contribution < -0.4 is 0 Å². The molecule has 98 valence electrons. The molecule has 1 aromatic heterocycles. The minimum atomic E-state index is -0.207. The molecule has 0 radical (unpaired) electrons. The Morgan fingerprint density at radius 2 is 1.85 bits per heavy atom. The first-order chi connectivity index (χ1) is 9.75. The van der Waals surface area contributed by atoms with Gasteiger partial charge in [0.05, 0.1) is 5.52 Å². The van der Waals surface area contributed by atoms with Crippen molar-refractivity contribution in [2.24, 2.45) is 0 Å². The Balaban J connectivity index is 1.92. The van der Waals surface area contributed by atoms with Crippen molar-refractivity contribution in [3.05, 3.63) is 65.7 Å². The van der Waals surface area contributed by atoms with Gasteiger partial charge in [0.15, 0.2) is 0 Å². The van der Waals surface area contributed by atoms with Crippen LogP contribution in [0.5, 0.6) is 0 Å². The quantitative estimate of drug-likeness (QED) is 0.667. The fourth-order valence-corrected chi connectivity index (χ4v) is 2.04. The second kappa shape index (κ2) is 5.09. The average Bonchev–Trinajstić information content (AvgIpc) is 2.90. The van der Waals surface area contributed by atoms with Crippen molar-refractivity contribution < 1.29 is 4.79 Å². The number of para-hydroxylation sites is 1. The van der Waals surface area contributed by atoms with Gasteiger partial charge in [-0.05, 0) is 36.3 Å². The van der Waals surface area contributed by atoms with E-state index < -0.39 is 0 Å². The SMILES string of the molecule is Cc1ccccc1/C=C/C(=O)n1nnc2ccccc21. The Morgan fingerprint density at radius 3 is 2.70 bits per heavy atom.